The number of aromatic nitrogens is 2. The molecule has 2 aromatic carbocycles. The normalized spacial score (nSPS) is 14.8. The Morgan fingerprint density at radius 3 is 2.45 bits per heavy atom. The van der Waals surface area contributed by atoms with E-state index >= 15 is 0 Å². The second-order valence-electron chi connectivity index (χ2n) is 9.37. The average Bonchev–Trinajstić information content (AvgIpc) is 3.52. The number of aryl methyl sites for hydroxylation is 1. The van der Waals surface area contributed by atoms with Gasteiger partial charge in [0, 0.05) is 12.6 Å². The minimum atomic E-state index is -5.02. The number of hydrogen-bond acceptors (Lipinski definition) is 6. The highest BCUT2D eigenvalue weighted by Gasteiger charge is 2.38. The van der Waals surface area contributed by atoms with Crippen molar-refractivity contribution >= 4 is 28.9 Å². The van der Waals surface area contributed by atoms with Gasteiger partial charge >= 0.3 is 12.4 Å². The van der Waals surface area contributed by atoms with Gasteiger partial charge in [-0.05, 0) is 60.2 Å². The van der Waals surface area contributed by atoms with Crippen LogP contribution in [0.3, 0.4) is 0 Å². The number of methoxy groups -OCH3 is 1. The molecular formula is C28H26F6N4O3S. The highest BCUT2D eigenvalue weighted by Crippen LogP contribution is 2.39. The van der Waals surface area contributed by atoms with Crippen LogP contribution in [0, 0.1) is 0 Å². The fourth-order valence-corrected chi connectivity index (χ4v) is 4.98. The van der Waals surface area contributed by atoms with Crippen LogP contribution in [0.2, 0.25) is 0 Å². The van der Waals surface area contributed by atoms with Gasteiger partial charge in [-0.2, -0.15) is 36.4 Å². The van der Waals surface area contributed by atoms with Crippen molar-refractivity contribution in [2.45, 2.75) is 45.3 Å². The molecule has 0 saturated heterocycles. The van der Waals surface area contributed by atoms with Crippen molar-refractivity contribution in [1.82, 2.24) is 15.1 Å². The van der Waals surface area contributed by atoms with Gasteiger partial charge in [0.2, 0.25) is 0 Å². The van der Waals surface area contributed by atoms with Crippen LogP contribution in [0.25, 0.3) is 6.08 Å². The van der Waals surface area contributed by atoms with Crippen molar-refractivity contribution in [3.05, 3.63) is 81.0 Å². The summed E-state index contributed by atoms with van der Waals surface area (Å²) in [5, 5.41) is 7.75. The zero-order valence-corrected chi connectivity index (χ0v) is 23.5. The molecule has 1 amide bonds. The maximum atomic E-state index is 13.5. The zero-order valence-electron chi connectivity index (χ0n) is 22.7. The summed E-state index contributed by atoms with van der Waals surface area (Å²) in [4.78, 5) is 18.9. The van der Waals surface area contributed by atoms with E-state index in [1.165, 1.54) is 31.0 Å². The quantitative estimate of drug-likeness (QED) is 0.205. The van der Waals surface area contributed by atoms with Crippen LogP contribution in [0.1, 0.15) is 47.0 Å². The highest BCUT2D eigenvalue weighted by atomic mass is 32.2. The third kappa shape index (κ3) is 7.46. The van der Waals surface area contributed by atoms with E-state index in [0.29, 0.717) is 28.2 Å². The summed E-state index contributed by atoms with van der Waals surface area (Å²) in [7, 11) is 3.13. The molecule has 7 nitrogen and oxygen atoms in total. The number of halogens is 6. The molecule has 42 heavy (non-hydrogen) atoms. The van der Waals surface area contributed by atoms with Gasteiger partial charge in [0.05, 0.1) is 41.1 Å². The summed E-state index contributed by atoms with van der Waals surface area (Å²) in [5.41, 5.74) is -0.939. The smallest absolute Gasteiger partial charge is 0.416 e. The van der Waals surface area contributed by atoms with Gasteiger partial charge in [0.1, 0.15) is 6.61 Å². The molecular weight excluding hydrogens is 586 g/mol. The zero-order chi connectivity index (χ0) is 30.7. The SMILES string of the molecule is CCCc1cc(CN(C)C2=NC(=O)/C(=C\c3ccc(OCc4ccc(C(F)(F)F)cc4C(F)(F)F)c(OC)c3)S2)[nH]n1. The van der Waals surface area contributed by atoms with E-state index in [4.69, 9.17) is 9.47 Å². The third-order valence-electron chi connectivity index (χ3n) is 6.14. The number of carbonyl (C=O) groups is 1. The second-order valence-corrected chi connectivity index (χ2v) is 10.4. The van der Waals surface area contributed by atoms with E-state index in [0.717, 1.165) is 30.3 Å². The first kappa shape index (κ1) is 31.0. The van der Waals surface area contributed by atoms with Crippen LogP contribution in [0.5, 0.6) is 11.5 Å². The first-order valence-corrected chi connectivity index (χ1v) is 13.4. The van der Waals surface area contributed by atoms with E-state index < -0.39 is 41.6 Å². The van der Waals surface area contributed by atoms with Crippen LogP contribution < -0.4 is 9.47 Å². The number of nitrogens with zero attached hydrogens (tertiary/aromatic N) is 3. The summed E-state index contributed by atoms with van der Waals surface area (Å²) in [6.45, 7) is 1.88. The molecule has 4 rings (SSSR count). The first-order chi connectivity index (χ1) is 19.8. The Balaban J connectivity index is 1.45. The van der Waals surface area contributed by atoms with Gasteiger partial charge in [-0.1, -0.05) is 25.5 Å². The fourth-order valence-electron chi connectivity index (χ4n) is 4.10. The predicted octanol–water partition coefficient (Wildman–Crippen LogP) is 7.09. The van der Waals surface area contributed by atoms with E-state index in [2.05, 4.69) is 22.1 Å². The number of H-pyrrole nitrogens is 1. The van der Waals surface area contributed by atoms with Crippen molar-refractivity contribution < 1.29 is 40.6 Å². The maximum Gasteiger partial charge on any atom is 0.416 e. The van der Waals surface area contributed by atoms with Crippen molar-refractivity contribution in [2.75, 3.05) is 14.2 Å². The van der Waals surface area contributed by atoms with Gasteiger partial charge in [-0.3, -0.25) is 9.89 Å². The Bertz CT molecular complexity index is 1510. The lowest BCUT2D eigenvalue weighted by atomic mass is 10.0. The van der Waals surface area contributed by atoms with E-state index in [1.54, 1.807) is 19.2 Å². The van der Waals surface area contributed by atoms with Crippen molar-refractivity contribution in [1.29, 1.82) is 0 Å². The number of aliphatic imine (C=N–C) groups is 1. The number of alkyl halides is 6. The minimum Gasteiger partial charge on any atom is -0.493 e. The minimum absolute atomic E-state index is 0.0634. The van der Waals surface area contributed by atoms with Gasteiger partial charge in [0.15, 0.2) is 16.7 Å². The van der Waals surface area contributed by atoms with Crippen molar-refractivity contribution in [3.8, 4) is 11.5 Å². The average molecular weight is 613 g/mol. The Morgan fingerprint density at radius 2 is 1.79 bits per heavy atom. The monoisotopic (exact) mass is 612 g/mol. The summed E-state index contributed by atoms with van der Waals surface area (Å²) >= 11 is 1.18. The van der Waals surface area contributed by atoms with Gasteiger partial charge in [-0.25, -0.2) is 0 Å². The molecule has 1 aromatic heterocycles. The van der Waals surface area contributed by atoms with Gasteiger partial charge in [-0.15, -0.1) is 0 Å². The standard InChI is InChI=1S/C28H26F6N4O3S/c1-4-5-19-13-20(37-36-19)14-38(2)26-35-25(39)24(42-26)11-16-6-9-22(23(10-16)40-3)41-15-17-7-8-18(27(29,30)31)12-21(17)28(32,33)34/h6-13H,4-5,14-15H2,1-3H3,(H,36,37)/b24-11+. The topological polar surface area (TPSA) is 79.8 Å². The number of benzene rings is 2. The van der Waals surface area contributed by atoms with E-state index in [1.807, 2.05) is 11.0 Å². The highest BCUT2D eigenvalue weighted by molar-refractivity contribution is 8.18. The molecule has 224 valence electrons. The lowest BCUT2D eigenvalue weighted by molar-refractivity contribution is -0.143. The number of aromatic amines is 1. The molecule has 0 fully saturated rings. The van der Waals surface area contributed by atoms with Crippen LogP contribution in [-0.2, 0) is 36.7 Å². The molecule has 0 radical (unpaired) electrons. The molecule has 0 bridgehead atoms. The third-order valence-corrected chi connectivity index (χ3v) is 7.24. The van der Waals surface area contributed by atoms with E-state index in [-0.39, 0.29) is 17.6 Å². The largest absolute Gasteiger partial charge is 0.493 e. The van der Waals surface area contributed by atoms with Crippen LogP contribution in [-0.4, -0.2) is 40.3 Å². The molecule has 0 spiro atoms. The van der Waals surface area contributed by atoms with Crippen LogP contribution in [0.15, 0.2) is 52.4 Å². The molecule has 1 aliphatic heterocycles. The number of amidine groups is 1. The number of ether oxygens (including phenoxy) is 2. The summed E-state index contributed by atoms with van der Waals surface area (Å²) < 4.78 is 90.2. The Hall–Kier alpha value is -3.94. The molecule has 0 atom stereocenters. The lowest BCUT2D eigenvalue weighted by Crippen LogP contribution is -2.22. The Labute approximate surface area is 241 Å². The molecule has 1 aliphatic rings. The number of carbonyl (C=O) groups excluding carboxylic acids is 1. The van der Waals surface area contributed by atoms with Crippen LogP contribution >= 0.6 is 11.8 Å². The number of amides is 1. The lowest BCUT2D eigenvalue weighted by Gasteiger charge is -2.17. The molecule has 1 N–H and O–H groups in total. The van der Waals surface area contributed by atoms with Crippen molar-refractivity contribution in [2.24, 2.45) is 4.99 Å². The van der Waals surface area contributed by atoms with Gasteiger partial charge in [0.25, 0.3) is 5.91 Å². The van der Waals surface area contributed by atoms with Gasteiger partial charge < -0.3 is 14.4 Å². The van der Waals surface area contributed by atoms with E-state index in [9.17, 15) is 31.1 Å². The summed E-state index contributed by atoms with van der Waals surface area (Å²) in [6, 6.07) is 7.87. The second kappa shape index (κ2) is 12.5. The number of thioether (sulfide) groups is 1. The Kier molecular flexibility index (Phi) is 9.24. The van der Waals surface area contributed by atoms with Crippen LogP contribution in [0.4, 0.5) is 26.3 Å². The maximum absolute atomic E-state index is 13.5. The fraction of sp³-hybridized carbons (Fsp3) is 0.321. The molecule has 0 saturated carbocycles. The summed E-state index contributed by atoms with van der Waals surface area (Å²) in [5.74, 6) is -0.211. The first-order valence-electron chi connectivity index (χ1n) is 12.6. The number of rotatable bonds is 9. The Morgan fingerprint density at radius 1 is 1.02 bits per heavy atom. The predicted molar refractivity (Wildman–Crippen MR) is 146 cm³/mol. The van der Waals surface area contributed by atoms with Crippen molar-refractivity contribution in [3.63, 3.8) is 0 Å². The molecule has 0 aliphatic carbocycles. The molecule has 0 unspecified atom stereocenters. The number of nitrogens with one attached hydrogen (secondary N) is 1. The molecule has 3 aromatic rings. The molecule has 14 heteroatoms. The molecule has 2 heterocycles. The summed E-state index contributed by atoms with van der Waals surface area (Å²) in [6.07, 6.45) is -6.52. The number of hydrogen-bond donors (Lipinski definition) is 1.